The zero-order valence-corrected chi connectivity index (χ0v) is 8.22. The summed E-state index contributed by atoms with van der Waals surface area (Å²) < 4.78 is 0. The van der Waals surface area contributed by atoms with Gasteiger partial charge in [-0.05, 0) is 11.5 Å². The zero-order valence-electron chi connectivity index (χ0n) is 8.22. The molecule has 74 valence electrons. The molecular formula is C12H14O2. The molecule has 0 saturated heterocycles. The Bertz CT molecular complexity index is 292. The lowest BCUT2D eigenvalue weighted by Gasteiger charge is -2.17. The van der Waals surface area contributed by atoms with Crippen molar-refractivity contribution in [2.75, 3.05) is 0 Å². The van der Waals surface area contributed by atoms with Crippen molar-refractivity contribution >= 4 is 12.6 Å². The van der Waals surface area contributed by atoms with E-state index in [-0.39, 0.29) is 11.8 Å². The van der Waals surface area contributed by atoms with Crippen LogP contribution in [-0.4, -0.2) is 12.6 Å². The molecule has 0 aliphatic heterocycles. The Morgan fingerprint density at radius 1 is 1.21 bits per heavy atom. The number of hydrogen-bond donors (Lipinski definition) is 0. The summed E-state index contributed by atoms with van der Waals surface area (Å²) >= 11 is 0. The highest BCUT2D eigenvalue weighted by Gasteiger charge is 2.17. The van der Waals surface area contributed by atoms with Crippen LogP contribution >= 0.6 is 0 Å². The maximum Gasteiger partial charge on any atom is 0.123 e. The van der Waals surface area contributed by atoms with Crippen LogP contribution < -0.4 is 0 Å². The predicted octanol–water partition coefficient (Wildman–Crippen LogP) is 2.19. The fourth-order valence-corrected chi connectivity index (χ4v) is 1.55. The summed E-state index contributed by atoms with van der Waals surface area (Å²) in [7, 11) is 0. The topological polar surface area (TPSA) is 34.1 Å². The number of hydrogen-bond acceptors (Lipinski definition) is 2. The lowest BCUT2D eigenvalue weighted by Crippen LogP contribution is -2.11. The maximum absolute atomic E-state index is 10.7. The predicted molar refractivity (Wildman–Crippen MR) is 55.1 cm³/mol. The molecule has 1 aromatic rings. The van der Waals surface area contributed by atoms with Crippen molar-refractivity contribution in [3.63, 3.8) is 0 Å². The molecule has 0 saturated carbocycles. The molecule has 0 fully saturated rings. The minimum absolute atomic E-state index is 0.0196. The average molecular weight is 190 g/mol. The Kier molecular flexibility index (Phi) is 4.05. The second-order valence-electron chi connectivity index (χ2n) is 3.41. The molecular weight excluding hydrogens is 176 g/mol. The number of rotatable bonds is 5. The van der Waals surface area contributed by atoms with Gasteiger partial charge in [0.25, 0.3) is 0 Å². The monoisotopic (exact) mass is 190 g/mol. The van der Waals surface area contributed by atoms with E-state index in [2.05, 4.69) is 0 Å². The van der Waals surface area contributed by atoms with Crippen LogP contribution in [0.1, 0.15) is 24.8 Å². The number of carbonyl (C=O) groups is 2. The van der Waals surface area contributed by atoms with Crippen LogP contribution in [0.15, 0.2) is 30.3 Å². The van der Waals surface area contributed by atoms with Crippen LogP contribution in [0.25, 0.3) is 0 Å². The van der Waals surface area contributed by atoms with Crippen molar-refractivity contribution in [2.24, 2.45) is 5.92 Å². The highest BCUT2D eigenvalue weighted by Crippen LogP contribution is 2.25. The molecule has 0 spiro atoms. The lowest BCUT2D eigenvalue weighted by molar-refractivity contribution is -0.112. The summed E-state index contributed by atoms with van der Waals surface area (Å²) in [5.74, 6) is -0.0891. The minimum atomic E-state index is -0.109. The van der Waals surface area contributed by atoms with Gasteiger partial charge in [0.15, 0.2) is 0 Å². The van der Waals surface area contributed by atoms with Gasteiger partial charge >= 0.3 is 0 Å². The molecule has 1 rings (SSSR count). The first-order valence-electron chi connectivity index (χ1n) is 4.73. The smallest absolute Gasteiger partial charge is 0.123 e. The first kappa shape index (κ1) is 10.6. The van der Waals surface area contributed by atoms with E-state index in [0.29, 0.717) is 6.42 Å². The van der Waals surface area contributed by atoms with E-state index < -0.39 is 0 Å². The molecule has 0 bridgehead atoms. The molecule has 2 heteroatoms. The van der Waals surface area contributed by atoms with Crippen molar-refractivity contribution < 1.29 is 9.59 Å². The number of benzene rings is 1. The lowest BCUT2D eigenvalue weighted by atomic mass is 9.86. The van der Waals surface area contributed by atoms with Gasteiger partial charge in [-0.2, -0.15) is 0 Å². The number of carbonyl (C=O) groups excluding carboxylic acids is 2. The molecule has 0 heterocycles. The SMILES string of the molecule is CC(C=O)[C@@H](CC=O)c1ccccc1. The maximum atomic E-state index is 10.7. The van der Waals surface area contributed by atoms with E-state index in [1.165, 1.54) is 0 Å². The summed E-state index contributed by atoms with van der Waals surface area (Å²) in [5.41, 5.74) is 1.05. The van der Waals surface area contributed by atoms with Crippen LogP contribution in [0.5, 0.6) is 0 Å². The van der Waals surface area contributed by atoms with Crippen molar-refractivity contribution in [2.45, 2.75) is 19.3 Å². The summed E-state index contributed by atoms with van der Waals surface area (Å²) in [4.78, 5) is 21.2. The van der Waals surface area contributed by atoms with Crippen molar-refractivity contribution in [1.29, 1.82) is 0 Å². The third-order valence-electron chi connectivity index (χ3n) is 2.43. The van der Waals surface area contributed by atoms with Crippen molar-refractivity contribution in [3.8, 4) is 0 Å². The van der Waals surface area contributed by atoms with E-state index >= 15 is 0 Å². The van der Waals surface area contributed by atoms with Gasteiger partial charge in [-0.15, -0.1) is 0 Å². The molecule has 1 aromatic carbocycles. The van der Waals surface area contributed by atoms with E-state index in [1.54, 1.807) is 0 Å². The highest BCUT2D eigenvalue weighted by atomic mass is 16.1. The number of aldehydes is 2. The summed E-state index contributed by atoms with van der Waals surface area (Å²) in [5, 5.41) is 0. The van der Waals surface area contributed by atoms with Gasteiger partial charge in [0.2, 0.25) is 0 Å². The van der Waals surface area contributed by atoms with Crippen LogP contribution in [0.2, 0.25) is 0 Å². The summed E-state index contributed by atoms with van der Waals surface area (Å²) in [6.07, 6.45) is 2.18. The first-order valence-corrected chi connectivity index (χ1v) is 4.73. The quantitative estimate of drug-likeness (QED) is 0.667. The largest absolute Gasteiger partial charge is 0.303 e. The molecule has 0 aromatic heterocycles. The van der Waals surface area contributed by atoms with Gasteiger partial charge in [-0.3, -0.25) is 0 Å². The molecule has 2 nitrogen and oxygen atoms in total. The van der Waals surface area contributed by atoms with E-state index in [4.69, 9.17) is 0 Å². The third kappa shape index (κ3) is 2.52. The Morgan fingerprint density at radius 3 is 2.36 bits per heavy atom. The fourth-order valence-electron chi connectivity index (χ4n) is 1.55. The third-order valence-corrected chi connectivity index (χ3v) is 2.43. The van der Waals surface area contributed by atoms with E-state index in [1.807, 2.05) is 37.3 Å². The van der Waals surface area contributed by atoms with Crippen molar-refractivity contribution in [3.05, 3.63) is 35.9 Å². The molecule has 0 aliphatic rings. The normalized spacial score (nSPS) is 14.4. The molecule has 0 aliphatic carbocycles. The van der Waals surface area contributed by atoms with Gasteiger partial charge in [-0.1, -0.05) is 37.3 Å². The Hall–Kier alpha value is -1.44. The van der Waals surface area contributed by atoms with Gasteiger partial charge < -0.3 is 9.59 Å². The van der Waals surface area contributed by atoms with Gasteiger partial charge in [0, 0.05) is 12.3 Å². The fraction of sp³-hybridized carbons (Fsp3) is 0.333. The molecule has 0 amide bonds. The molecule has 1 unspecified atom stereocenters. The summed E-state index contributed by atoms with van der Waals surface area (Å²) in [6.45, 7) is 1.84. The molecule has 14 heavy (non-hydrogen) atoms. The standard InChI is InChI=1S/C12H14O2/c1-10(9-14)12(7-8-13)11-5-3-2-4-6-11/h2-6,8-10,12H,7H2,1H3/t10?,12-/m1/s1. The van der Waals surface area contributed by atoms with Crippen LogP contribution in [-0.2, 0) is 9.59 Å². The second-order valence-corrected chi connectivity index (χ2v) is 3.41. The summed E-state index contributed by atoms with van der Waals surface area (Å²) in [6, 6.07) is 9.67. The molecule has 2 atom stereocenters. The van der Waals surface area contributed by atoms with E-state index in [9.17, 15) is 9.59 Å². The Balaban J connectivity index is 2.87. The highest BCUT2D eigenvalue weighted by molar-refractivity contribution is 5.59. The molecule has 0 radical (unpaired) electrons. The van der Waals surface area contributed by atoms with Crippen LogP contribution in [0, 0.1) is 5.92 Å². The average Bonchev–Trinajstić information content (AvgIpc) is 2.26. The zero-order chi connectivity index (χ0) is 10.4. The van der Waals surface area contributed by atoms with Crippen LogP contribution in [0.3, 0.4) is 0 Å². The Labute approximate surface area is 83.9 Å². The minimum Gasteiger partial charge on any atom is -0.303 e. The molecule has 0 N–H and O–H groups in total. The van der Waals surface area contributed by atoms with Gasteiger partial charge in [-0.25, -0.2) is 0 Å². The van der Waals surface area contributed by atoms with Crippen molar-refractivity contribution in [1.82, 2.24) is 0 Å². The first-order chi connectivity index (χ1) is 6.79. The van der Waals surface area contributed by atoms with Gasteiger partial charge in [0.1, 0.15) is 12.6 Å². The Morgan fingerprint density at radius 2 is 1.86 bits per heavy atom. The van der Waals surface area contributed by atoms with Crippen LogP contribution in [0.4, 0.5) is 0 Å². The second kappa shape index (κ2) is 5.32. The van der Waals surface area contributed by atoms with Gasteiger partial charge in [0.05, 0.1) is 0 Å². The van der Waals surface area contributed by atoms with E-state index in [0.717, 1.165) is 18.1 Å².